The van der Waals surface area contributed by atoms with Crippen LogP contribution in [0.2, 0.25) is 5.02 Å². The number of carbonyl (C=O) groups excluding carboxylic acids is 2. The van der Waals surface area contributed by atoms with Crippen molar-refractivity contribution in [3.63, 3.8) is 0 Å². The normalized spacial score (nSPS) is 10.6. The molecule has 0 aliphatic heterocycles. The van der Waals surface area contributed by atoms with Crippen LogP contribution in [-0.2, 0) is 9.53 Å². The minimum atomic E-state index is -0.755. The summed E-state index contributed by atoms with van der Waals surface area (Å²) in [5.41, 5.74) is 0.387. The van der Waals surface area contributed by atoms with Gasteiger partial charge in [0.1, 0.15) is 11.3 Å². The van der Waals surface area contributed by atoms with E-state index in [1.54, 1.807) is 24.4 Å². The highest BCUT2D eigenvalue weighted by atomic mass is 127. The van der Waals surface area contributed by atoms with E-state index in [2.05, 4.69) is 4.98 Å². The zero-order chi connectivity index (χ0) is 19.4. The molecule has 2 aromatic carbocycles. The Morgan fingerprint density at radius 2 is 1.93 bits per heavy atom. The van der Waals surface area contributed by atoms with E-state index in [4.69, 9.17) is 21.1 Å². The van der Waals surface area contributed by atoms with Gasteiger partial charge in [0, 0.05) is 11.6 Å². The van der Waals surface area contributed by atoms with Crippen LogP contribution in [0, 0.1) is 9.39 Å². The number of ether oxygens (including phenoxy) is 2. The quantitative estimate of drug-likeness (QED) is 0.285. The lowest BCUT2D eigenvalue weighted by molar-refractivity contribution is -0.144. The third kappa shape index (κ3) is 4.54. The molecule has 3 rings (SSSR count). The minimum absolute atomic E-state index is 0.131. The molecular formula is C19H12ClFINO4. The summed E-state index contributed by atoms with van der Waals surface area (Å²) in [5, 5.41) is 1.21. The molecule has 3 aromatic rings. The number of fused-ring (bicyclic) bond motifs is 1. The van der Waals surface area contributed by atoms with E-state index >= 15 is 0 Å². The van der Waals surface area contributed by atoms with E-state index in [0.717, 1.165) is 0 Å². The van der Waals surface area contributed by atoms with Gasteiger partial charge in [-0.15, -0.1) is 0 Å². The van der Waals surface area contributed by atoms with Crippen LogP contribution in [0.3, 0.4) is 0 Å². The molecule has 0 aliphatic carbocycles. The molecule has 0 saturated heterocycles. The van der Waals surface area contributed by atoms with Crippen molar-refractivity contribution in [1.29, 1.82) is 0 Å². The van der Waals surface area contributed by atoms with Gasteiger partial charge in [-0.25, -0.2) is 9.18 Å². The number of ketones is 1. The van der Waals surface area contributed by atoms with Gasteiger partial charge < -0.3 is 9.47 Å². The molecule has 27 heavy (non-hydrogen) atoms. The number of carbonyl (C=O) groups is 2. The summed E-state index contributed by atoms with van der Waals surface area (Å²) < 4.78 is 24.7. The highest BCUT2D eigenvalue weighted by molar-refractivity contribution is 14.1. The van der Waals surface area contributed by atoms with Crippen molar-refractivity contribution in [1.82, 2.24) is 4.98 Å². The van der Waals surface area contributed by atoms with E-state index in [0.29, 0.717) is 25.2 Å². The highest BCUT2D eigenvalue weighted by Crippen LogP contribution is 2.34. The van der Waals surface area contributed by atoms with Crippen LogP contribution in [0.4, 0.5) is 4.39 Å². The summed E-state index contributed by atoms with van der Waals surface area (Å²) in [6, 6.07) is 10.7. The first kappa shape index (κ1) is 19.5. The SMILES string of the molecule is O=C(COc1c(I)cc(Cl)c2cccnc12)OCC(=O)c1ccccc1F. The number of nitrogens with zero attached hydrogens (tertiary/aromatic N) is 1. The van der Waals surface area contributed by atoms with Crippen LogP contribution in [0.25, 0.3) is 10.9 Å². The predicted molar refractivity (Wildman–Crippen MR) is 107 cm³/mol. The molecule has 138 valence electrons. The third-order valence-corrected chi connectivity index (χ3v) is 4.74. The topological polar surface area (TPSA) is 65.5 Å². The van der Waals surface area contributed by atoms with E-state index in [-0.39, 0.29) is 5.56 Å². The van der Waals surface area contributed by atoms with Crippen molar-refractivity contribution in [2.45, 2.75) is 0 Å². The van der Waals surface area contributed by atoms with Crippen LogP contribution >= 0.6 is 34.2 Å². The fourth-order valence-corrected chi connectivity index (χ4v) is 3.54. The molecule has 0 N–H and O–H groups in total. The van der Waals surface area contributed by atoms with Crippen LogP contribution in [0.5, 0.6) is 5.75 Å². The number of aromatic nitrogens is 1. The van der Waals surface area contributed by atoms with Crippen molar-refractivity contribution in [3.8, 4) is 5.75 Å². The monoisotopic (exact) mass is 499 g/mol. The van der Waals surface area contributed by atoms with Gasteiger partial charge in [-0.2, -0.15) is 0 Å². The molecule has 8 heteroatoms. The second-order valence-corrected chi connectivity index (χ2v) is 6.99. The van der Waals surface area contributed by atoms with Gasteiger partial charge in [0.15, 0.2) is 19.0 Å². The fourth-order valence-electron chi connectivity index (χ4n) is 2.37. The molecule has 0 radical (unpaired) electrons. The first-order valence-corrected chi connectivity index (χ1v) is 9.22. The highest BCUT2D eigenvalue weighted by Gasteiger charge is 2.16. The Bertz CT molecular complexity index is 1030. The molecular weight excluding hydrogens is 488 g/mol. The Hall–Kier alpha value is -2.26. The number of hydrogen-bond acceptors (Lipinski definition) is 5. The van der Waals surface area contributed by atoms with Gasteiger partial charge in [0.05, 0.1) is 14.2 Å². The Balaban J connectivity index is 1.64. The zero-order valence-corrected chi connectivity index (χ0v) is 16.7. The zero-order valence-electron chi connectivity index (χ0n) is 13.7. The summed E-state index contributed by atoms with van der Waals surface area (Å²) in [7, 11) is 0. The molecule has 0 atom stereocenters. The number of Topliss-reactive ketones (excluding diaryl/α,β-unsaturated/α-hetero) is 1. The van der Waals surface area contributed by atoms with Gasteiger partial charge in [-0.3, -0.25) is 9.78 Å². The van der Waals surface area contributed by atoms with E-state index < -0.39 is 30.8 Å². The molecule has 1 aromatic heterocycles. The molecule has 0 saturated carbocycles. The molecule has 1 heterocycles. The molecule has 0 fully saturated rings. The summed E-state index contributed by atoms with van der Waals surface area (Å²) in [4.78, 5) is 28.1. The summed E-state index contributed by atoms with van der Waals surface area (Å²) in [5.74, 6) is -1.65. The third-order valence-electron chi connectivity index (χ3n) is 3.62. The summed E-state index contributed by atoms with van der Waals surface area (Å²) in [6.45, 7) is -0.992. The van der Waals surface area contributed by atoms with Gasteiger partial charge in [-0.05, 0) is 52.9 Å². The van der Waals surface area contributed by atoms with E-state index in [1.807, 2.05) is 22.6 Å². The molecule has 0 spiro atoms. The number of hydrogen-bond donors (Lipinski definition) is 0. The van der Waals surface area contributed by atoms with Gasteiger partial charge >= 0.3 is 5.97 Å². The Labute approximate surface area is 172 Å². The maximum Gasteiger partial charge on any atom is 0.344 e. The lowest BCUT2D eigenvalue weighted by Crippen LogP contribution is -2.20. The molecule has 5 nitrogen and oxygen atoms in total. The lowest BCUT2D eigenvalue weighted by atomic mass is 10.1. The average Bonchev–Trinajstić information content (AvgIpc) is 2.66. The van der Waals surface area contributed by atoms with Crippen molar-refractivity contribution >= 4 is 56.8 Å². The first-order valence-electron chi connectivity index (χ1n) is 7.76. The standard InChI is InChI=1S/C19H12ClFINO4/c20-13-8-15(22)19(18-11(13)5-3-7-23-18)27-10-17(25)26-9-16(24)12-4-1-2-6-14(12)21/h1-8H,9-10H2. The van der Waals surface area contributed by atoms with Crippen LogP contribution in [-0.4, -0.2) is 30.0 Å². The molecule has 0 bridgehead atoms. The number of halogens is 3. The van der Waals surface area contributed by atoms with Crippen molar-refractivity contribution in [2.75, 3.05) is 13.2 Å². The Morgan fingerprint density at radius 1 is 1.15 bits per heavy atom. The average molecular weight is 500 g/mol. The predicted octanol–water partition coefficient (Wildman–Crippen LogP) is 4.44. The minimum Gasteiger partial charge on any atom is -0.478 e. The van der Waals surface area contributed by atoms with Crippen LogP contribution < -0.4 is 4.74 Å². The van der Waals surface area contributed by atoms with E-state index in [9.17, 15) is 14.0 Å². The number of benzene rings is 2. The number of esters is 1. The largest absolute Gasteiger partial charge is 0.478 e. The molecule has 0 unspecified atom stereocenters. The smallest absolute Gasteiger partial charge is 0.344 e. The summed E-state index contributed by atoms with van der Waals surface area (Å²) in [6.07, 6.45) is 1.59. The van der Waals surface area contributed by atoms with Gasteiger partial charge in [0.2, 0.25) is 5.78 Å². The van der Waals surface area contributed by atoms with Crippen molar-refractivity contribution in [2.24, 2.45) is 0 Å². The fraction of sp³-hybridized carbons (Fsp3) is 0.105. The number of rotatable bonds is 6. The van der Waals surface area contributed by atoms with Gasteiger partial charge in [-0.1, -0.05) is 23.7 Å². The Kier molecular flexibility index (Phi) is 6.22. The molecule has 0 amide bonds. The van der Waals surface area contributed by atoms with E-state index in [1.165, 1.54) is 24.3 Å². The number of pyridine rings is 1. The lowest BCUT2D eigenvalue weighted by Gasteiger charge is -2.11. The van der Waals surface area contributed by atoms with Crippen LogP contribution in [0.1, 0.15) is 10.4 Å². The first-order chi connectivity index (χ1) is 13.0. The summed E-state index contributed by atoms with van der Waals surface area (Å²) >= 11 is 8.22. The van der Waals surface area contributed by atoms with Crippen molar-refractivity contribution in [3.05, 3.63) is 68.6 Å². The maximum atomic E-state index is 13.6. The van der Waals surface area contributed by atoms with Crippen LogP contribution in [0.15, 0.2) is 48.7 Å². The van der Waals surface area contributed by atoms with Crippen molar-refractivity contribution < 1.29 is 23.5 Å². The molecule has 0 aliphatic rings. The van der Waals surface area contributed by atoms with Gasteiger partial charge in [0.25, 0.3) is 0 Å². The maximum absolute atomic E-state index is 13.6. The second kappa shape index (κ2) is 8.62. The second-order valence-electron chi connectivity index (χ2n) is 5.42. The Morgan fingerprint density at radius 3 is 2.70 bits per heavy atom.